The summed E-state index contributed by atoms with van der Waals surface area (Å²) in [5.74, 6) is 0.378. The first-order valence-corrected chi connectivity index (χ1v) is 7.39. The van der Waals surface area contributed by atoms with Gasteiger partial charge in [0.25, 0.3) is 0 Å². The van der Waals surface area contributed by atoms with Gasteiger partial charge in [-0.2, -0.15) is 0 Å². The molecule has 0 aliphatic heterocycles. The smallest absolute Gasteiger partial charge is 0.180 e. The van der Waals surface area contributed by atoms with Gasteiger partial charge in [0.15, 0.2) is 9.84 Å². The number of allylic oxidation sites excluding steroid dienone is 1. The molecule has 0 heterocycles. The number of hydrogen-bond acceptors (Lipinski definition) is 2. The van der Waals surface area contributed by atoms with Crippen LogP contribution in [0, 0.1) is 0 Å². The van der Waals surface area contributed by atoms with Gasteiger partial charge in [-0.05, 0) is 43.9 Å². The van der Waals surface area contributed by atoms with Gasteiger partial charge in [-0.15, -0.1) is 6.58 Å². The van der Waals surface area contributed by atoms with Crippen LogP contribution in [0.1, 0.15) is 38.7 Å². The second-order valence-electron chi connectivity index (χ2n) is 4.59. The number of benzene rings is 1. The van der Waals surface area contributed by atoms with Crippen LogP contribution in [0.5, 0.6) is 0 Å². The molecule has 0 spiro atoms. The Morgan fingerprint density at radius 1 is 1.18 bits per heavy atom. The van der Waals surface area contributed by atoms with E-state index in [1.807, 2.05) is 18.2 Å². The molecule has 1 rings (SSSR count). The minimum Gasteiger partial charge on any atom is -0.223 e. The van der Waals surface area contributed by atoms with Crippen LogP contribution >= 0.6 is 0 Å². The molecular formula is C14H20O2S. The van der Waals surface area contributed by atoms with E-state index in [4.69, 9.17) is 0 Å². The predicted molar refractivity (Wildman–Crippen MR) is 72.0 cm³/mol. The molecule has 1 aromatic carbocycles. The standard InChI is InChI=1S/C14H20O2S/c1-5-6-12(4)13-7-9-14(10-8-13)17(15,16)11(2)3/h5,7-12H,1,6H2,2-4H3. The zero-order chi connectivity index (χ0) is 13.1. The molecule has 0 amide bonds. The highest BCUT2D eigenvalue weighted by atomic mass is 32.2. The second kappa shape index (κ2) is 5.50. The van der Waals surface area contributed by atoms with E-state index in [2.05, 4.69) is 13.5 Å². The maximum Gasteiger partial charge on any atom is 0.180 e. The Kier molecular flexibility index (Phi) is 4.52. The fourth-order valence-electron chi connectivity index (χ4n) is 1.64. The van der Waals surface area contributed by atoms with Gasteiger partial charge in [-0.3, -0.25) is 0 Å². The Labute approximate surface area is 104 Å². The zero-order valence-corrected chi connectivity index (χ0v) is 11.5. The summed E-state index contributed by atoms with van der Waals surface area (Å²) in [5, 5.41) is -0.376. The summed E-state index contributed by atoms with van der Waals surface area (Å²) in [4.78, 5) is 0.405. The lowest BCUT2D eigenvalue weighted by Crippen LogP contribution is -2.13. The predicted octanol–water partition coefficient (Wildman–Crippen LogP) is 3.55. The minimum absolute atomic E-state index is 0.376. The van der Waals surface area contributed by atoms with Crippen LogP contribution in [0.4, 0.5) is 0 Å². The average Bonchev–Trinajstić information content (AvgIpc) is 2.29. The van der Waals surface area contributed by atoms with Crippen LogP contribution < -0.4 is 0 Å². The number of rotatable bonds is 5. The lowest BCUT2D eigenvalue weighted by atomic mass is 9.98. The molecule has 1 aromatic rings. The van der Waals surface area contributed by atoms with Gasteiger partial charge in [0, 0.05) is 0 Å². The summed E-state index contributed by atoms with van der Waals surface area (Å²) in [6, 6.07) is 7.18. The van der Waals surface area contributed by atoms with Crippen molar-refractivity contribution in [3.05, 3.63) is 42.5 Å². The SMILES string of the molecule is C=CCC(C)c1ccc(S(=O)(=O)C(C)C)cc1. The van der Waals surface area contributed by atoms with Crippen molar-refractivity contribution in [3.63, 3.8) is 0 Å². The molecule has 0 N–H and O–H groups in total. The first kappa shape index (κ1) is 14.0. The second-order valence-corrected chi connectivity index (χ2v) is 7.09. The third-order valence-electron chi connectivity index (χ3n) is 2.92. The fraction of sp³-hybridized carbons (Fsp3) is 0.429. The summed E-state index contributed by atoms with van der Waals surface area (Å²) in [5.41, 5.74) is 1.15. The summed E-state index contributed by atoms with van der Waals surface area (Å²) in [7, 11) is -3.15. The number of hydrogen-bond donors (Lipinski definition) is 0. The normalized spacial score (nSPS) is 13.6. The van der Waals surface area contributed by atoms with Gasteiger partial charge >= 0.3 is 0 Å². The van der Waals surface area contributed by atoms with E-state index in [9.17, 15) is 8.42 Å². The maximum atomic E-state index is 11.9. The molecule has 0 aliphatic rings. The molecule has 3 heteroatoms. The molecule has 1 atom stereocenters. The lowest BCUT2D eigenvalue weighted by molar-refractivity contribution is 0.587. The lowest BCUT2D eigenvalue weighted by Gasteiger charge is -2.11. The van der Waals surface area contributed by atoms with Crippen molar-refractivity contribution in [2.45, 2.75) is 43.3 Å². The van der Waals surface area contributed by atoms with E-state index >= 15 is 0 Å². The van der Waals surface area contributed by atoms with Crippen LogP contribution in [0.3, 0.4) is 0 Å². The van der Waals surface area contributed by atoms with Crippen molar-refractivity contribution < 1.29 is 8.42 Å². The van der Waals surface area contributed by atoms with Crippen LogP contribution in [0.15, 0.2) is 41.8 Å². The van der Waals surface area contributed by atoms with Crippen molar-refractivity contribution in [1.82, 2.24) is 0 Å². The monoisotopic (exact) mass is 252 g/mol. The van der Waals surface area contributed by atoms with E-state index in [0.717, 1.165) is 12.0 Å². The summed E-state index contributed by atoms with van der Waals surface area (Å²) in [6.45, 7) is 9.21. The molecule has 0 aliphatic carbocycles. The van der Waals surface area contributed by atoms with Gasteiger partial charge in [0.2, 0.25) is 0 Å². The molecule has 94 valence electrons. The van der Waals surface area contributed by atoms with E-state index < -0.39 is 9.84 Å². The van der Waals surface area contributed by atoms with E-state index in [-0.39, 0.29) is 5.25 Å². The first-order valence-electron chi connectivity index (χ1n) is 5.84. The van der Waals surface area contributed by atoms with Crippen LogP contribution in [-0.4, -0.2) is 13.7 Å². The highest BCUT2D eigenvalue weighted by Gasteiger charge is 2.18. The molecule has 0 radical (unpaired) electrons. The Morgan fingerprint density at radius 2 is 1.71 bits per heavy atom. The third-order valence-corrected chi connectivity index (χ3v) is 5.09. The molecule has 1 unspecified atom stereocenters. The van der Waals surface area contributed by atoms with Gasteiger partial charge in [0.1, 0.15) is 0 Å². The third kappa shape index (κ3) is 3.19. The van der Waals surface area contributed by atoms with E-state index in [0.29, 0.717) is 10.8 Å². The Hall–Kier alpha value is -1.09. The number of sulfone groups is 1. The quantitative estimate of drug-likeness (QED) is 0.751. The largest absolute Gasteiger partial charge is 0.223 e. The van der Waals surface area contributed by atoms with Crippen molar-refractivity contribution in [1.29, 1.82) is 0 Å². The van der Waals surface area contributed by atoms with Gasteiger partial charge < -0.3 is 0 Å². The molecule has 0 bridgehead atoms. The maximum absolute atomic E-state index is 11.9. The molecule has 17 heavy (non-hydrogen) atoms. The molecule has 0 fully saturated rings. The molecule has 0 aromatic heterocycles. The molecular weight excluding hydrogens is 232 g/mol. The van der Waals surface area contributed by atoms with Crippen molar-refractivity contribution >= 4 is 9.84 Å². The average molecular weight is 252 g/mol. The van der Waals surface area contributed by atoms with Crippen molar-refractivity contribution in [2.75, 3.05) is 0 Å². The summed E-state index contributed by atoms with van der Waals surface area (Å²) in [6.07, 6.45) is 2.78. The Bertz CT molecular complexity index is 469. The minimum atomic E-state index is -3.15. The summed E-state index contributed by atoms with van der Waals surface area (Å²) < 4.78 is 23.8. The molecule has 2 nitrogen and oxygen atoms in total. The fourth-order valence-corrected chi connectivity index (χ4v) is 2.70. The highest BCUT2D eigenvalue weighted by molar-refractivity contribution is 7.92. The highest BCUT2D eigenvalue weighted by Crippen LogP contribution is 2.22. The first-order chi connectivity index (χ1) is 7.89. The topological polar surface area (TPSA) is 34.1 Å². The van der Waals surface area contributed by atoms with Gasteiger partial charge in [-0.25, -0.2) is 8.42 Å². The Morgan fingerprint density at radius 3 is 2.12 bits per heavy atom. The van der Waals surface area contributed by atoms with Crippen LogP contribution in [0.2, 0.25) is 0 Å². The van der Waals surface area contributed by atoms with E-state index in [1.165, 1.54) is 0 Å². The Balaban J connectivity index is 3.00. The van der Waals surface area contributed by atoms with Gasteiger partial charge in [0.05, 0.1) is 10.1 Å². The molecule has 0 saturated heterocycles. The van der Waals surface area contributed by atoms with Gasteiger partial charge in [-0.1, -0.05) is 25.1 Å². The zero-order valence-electron chi connectivity index (χ0n) is 10.7. The van der Waals surface area contributed by atoms with Crippen molar-refractivity contribution in [3.8, 4) is 0 Å². The van der Waals surface area contributed by atoms with Crippen molar-refractivity contribution in [2.24, 2.45) is 0 Å². The van der Waals surface area contributed by atoms with Crippen LogP contribution in [0.25, 0.3) is 0 Å². The molecule has 0 saturated carbocycles. The summed E-state index contributed by atoms with van der Waals surface area (Å²) >= 11 is 0. The van der Waals surface area contributed by atoms with E-state index in [1.54, 1.807) is 26.0 Å². The van der Waals surface area contributed by atoms with Crippen LogP contribution in [-0.2, 0) is 9.84 Å².